The van der Waals surface area contributed by atoms with E-state index in [1.165, 1.54) is 19.4 Å². The number of piperidine rings is 1. The number of hydrogen-bond donors (Lipinski definition) is 1. The average molecular weight is 198 g/mol. The van der Waals surface area contributed by atoms with Crippen LogP contribution in [0.2, 0.25) is 0 Å². The molecule has 14 heavy (non-hydrogen) atoms. The fourth-order valence-corrected chi connectivity index (χ4v) is 2.16. The fourth-order valence-electron chi connectivity index (χ4n) is 2.16. The Balaban J connectivity index is 2.28. The zero-order chi connectivity index (χ0) is 10.6. The summed E-state index contributed by atoms with van der Waals surface area (Å²) in [6.45, 7) is 3.93. The highest BCUT2D eigenvalue weighted by Gasteiger charge is 2.22. The molecule has 1 rings (SSSR count). The highest BCUT2D eigenvalue weighted by molar-refractivity contribution is 5.75. The molecule has 82 valence electrons. The van der Waals surface area contributed by atoms with Crippen LogP contribution in [-0.2, 0) is 4.79 Å². The third-order valence-corrected chi connectivity index (χ3v) is 3.10. The predicted octanol–water partition coefficient (Wildman–Crippen LogP) is 1.02. The van der Waals surface area contributed by atoms with Gasteiger partial charge in [0.05, 0.1) is 0 Å². The molecule has 1 fully saturated rings. The Morgan fingerprint density at radius 2 is 2.36 bits per heavy atom. The van der Waals surface area contributed by atoms with Crippen molar-refractivity contribution in [2.45, 2.75) is 38.6 Å². The maximum Gasteiger partial charge on any atom is 0.129 e. The minimum atomic E-state index is 0.210. The van der Waals surface area contributed by atoms with E-state index in [2.05, 4.69) is 11.9 Å². The van der Waals surface area contributed by atoms with E-state index in [0.717, 1.165) is 13.0 Å². The minimum absolute atomic E-state index is 0.210. The molecule has 1 aliphatic heterocycles. The Hall–Kier alpha value is -0.410. The smallest absolute Gasteiger partial charge is 0.129 e. The second-order valence-corrected chi connectivity index (χ2v) is 4.57. The van der Waals surface area contributed by atoms with Crippen LogP contribution in [0, 0.1) is 5.92 Å². The molecule has 0 aromatic carbocycles. The lowest BCUT2D eigenvalue weighted by Crippen LogP contribution is -2.42. The zero-order valence-electron chi connectivity index (χ0n) is 9.33. The van der Waals surface area contributed by atoms with Crippen LogP contribution in [-0.4, -0.2) is 36.9 Å². The molecule has 0 aliphatic carbocycles. The van der Waals surface area contributed by atoms with Gasteiger partial charge in [0, 0.05) is 19.0 Å². The quantitative estimate of drug-likeness (QED) is 0.733. The van der Waals surface area contributed by atoms with Crippen molar-refractivity contribution in [3.05, 3.63) is 0 Å². The molecule has 2 N–H and O–H groups in total. The van der Waals surface area contributed by atoms with Gasteiger partial charge in [-0.2, -0.15) is 0 Å². The number of nitrogens with zero attached hydrogens (tertiary/aromatic N) is 1. The van der Waals surface area contributed by atoms with Gasteiger partial charge in [0.1, 0.15) is 5.78 Å². The number of rotatable bonds is 4. The van der Waals surface area contributed by atoms with Crippen LogP contribution in [0.15, 0.2) is 0 Å². The average Bonchev–Trinajstić information content (AvgIpc) is 2.14. The molecule has 1 aliphatic rings. The van der Waals surface area contributed by atoms with Gasteiger partial charge in [-0.15, -0.1) is 0 Å². The Morgan fingerprint density at radius 1 is 1.64 bits per heavy atom. The summed E-state index contributed by atoms with van der Waals surface area (Å²) in [5, 5.41) is 0. The van der Waals surface area contributed by atoms with E-state index < -0.39 is 0 Å². The molecular weight excluding hydrogens is 176 g/mol. The molecule has 0 aromatic heterocycles. The third kappa shape index (κ3) is 3.76. The summed E-state index contributed by atoms with van der Waals surface area (Å²) in [7, 11) is 2.14. The van der Waals surface area contributed by atoms with Gasteiger partial charge in [0.25, 0.3) is 0 Å². The van der Waals surface area contributed by atoms with E-state index in [0.29, 0.717) is 12.3 Å². The predicted molar refractivity (Wildman–Crippen MR) is 58.1 cm³/mol. The molecule has 2 unspecified atom stereocenters. The van der Waals surface area contributed by atoms with Gasteiger partial charge in [-0.05, 0) is 45.7 Å². The Morgan fingerprint density at radius 3 is 2.93 bits per heavy atom. The van der Waals surface area contributed by atoms with E-state index in [9.17, 15) is 4.79 Å². The van der Waals surface area contributed by atoms with Crippen molar-refractivity contribution in [3.63, 3.8) is 0 Å². The van der Waals surface area contributed by atoms with E-state index in [4.69, 9.17) is 5.73 Å². The van der Waals surface area contributed by atoms with Crippen LogP contribution in [0.3, 0.4) is 0 Å². The molecule has 1 heterocycles. The van der Waals surface area contributed by atoms with Gasteiger partial charge in [0.15, 0.2) is 0 Å². The molecule has 0 spiro atoms. The number of nitrogens with two attached hydrogens (primary N) is 1. The zero-order valence-corrected chi connectivity index (χ0v) is 9.33. The van der Waals surface area contributed by atoms with Crippen molar-refractivity contribution < 1.29 is 4.79 Å². The van der Waals surface area contributed by atoms with Crippen molar-refractivity contribution >= 4 is 5.78 Å². The molecule has 0 radical (unpaired) electrons. The van der Waals surface area contributed by atoms with Crippen LogP contribution in [0.4, 0.5) is 0 Å². The lowest BCUT2D eigenvalue weighted by atomic mass is 9.88. The summed E-state index contributed by atoms with van der Waals surface area (Å²) in [5.74, 6) is 0.845. The standard InChI is InChI=1S/C11H22N2O/c1-9(14)5-6-11(12)10-4-3-7-13(2)8-10/h10-11H,3-8,12H2,1-2H3. The largest absolute Gasteiger partial charge is 0.327 e. The SMILES string of the molecule is CC(=O)CCC(N)C1CCCN(C)C1. The normalized spacial score (nSPS) is 26.1. The summed E-state index contributed by atoms with van der Waals surface area (Å²) in [4.78, 5) is 13.2. The number of carbonyl (C=O) groups excluding carboxylic acids is 1. The number of hydrogen-bond acceptors (Lipinski definition) is 3. The summed E-state index contributed by atoms with van der Waals surface area (Å²) >= 11 is 0. The maximum absolute atomic E-state index is 10.8. The van der Waals surface area contributed by atoms with Crippen LogP contribution in [0.25, 0.3) is 0 Å². The number of carbonyl (C=O) groups is 1. The summed E-state index contributed by atoms with van der Waals surface area (Å²) in [5.41, 5.74) is 6.08. The molecule has 0 bridgehead atoms. The first-order chi connectivity index (χ1) is 6.59. The van der Waals surface area contributed by atoms with E-state index in [-0.39, 0.29) is 11.8 Å². The van der Waals surface area contributed by atoms with E-state index in [1.807, 2.05) is 0 Å². The van der Waals surface area contributed by atoms with Gasteiger partial charge in [-0.25, -0.2) is 0 Å². The van der Waals surface area contributed by atoms with Gasteiger partial charge in [0.2, 0.25) is 0 Å². The number of likely N-dealkylation sites (tertiary alicyclic amines) is 1. The van der Waals surface area contributed by atoms with E-state index >= 15 is 0 Å². The second-order valence-electron chi connectivity index (χ2n) is 4.57. The van der Waals surface area contributed by atoms with Crippen LogP contribution in [0.5, 0.6) is 0 Å². The molecule has 3 heteroatoms. The first-order valence-corrected chi connectivity index (χ1v) is 5.53. The molecular formula is C11H22N2O. The molecule has 1 saturated heterocycles. The number of ketones is 1. The van der Waals surface area contributed by atoms with Gasteiger partial charge in [-0.3, -0.25) is 0 Å². The molecule has 0 saturated carbocycles. The van der Waals surface area contributed by atoms with Crippen LogP contribution in [0.1, 0.15) is 32.6 Å². The maximum atomic E-state index is 10.8. The Bertz CT molecular complexity index is 194. The molecule has 0 aromatic rings. The first-order valence-electron chi connectivity index (χ1n) is 5.53. The van der Waals surface area contributed by atoms with Crippen LogP contribution < -0.4 is 5.73 Å². The van der Waals surface area contributed by atoms with Gasteiger partial charge in [-0.1, -0.05) is 0 Å². The summed E-state index contributed by atoms with van der Waals surface area (Å²) < 4.78 is 0. The molecule has 0 amide bonds. The highest BCUT2D eigenvalue weighted by Crippen LogP contribution is 2.19. The highest BCUT2D eigenvalue weighted by atomic mass is 16.1. The molecule has 2 atom stereocenters. The second kappa shape index (κ2) is 5.47. The minimum Gasteiger partial charge on any atom is -0.327 e. The van der Waals surface area contributed by atoms with E-state index in [1.54, 1.807) is 6.92 Å². The van der Waals surface area contributed by atoms with Crippen LogP contribution >= 0.6 is 0 Å². The third-order valence-electron chi connectivity index (χ3n) is 3.10. The lowest BCUT2D eigenvalue weighted by Gasteiger charge is -2.33. The lowest BCUT2D eigenvalue weighted by molar-refractivity contribution is -0.117. The Kier molecular flexibility index (Phi) is 4.55. The summed E-state index contributed by atoms with van der Waals surface area (Å²) in [6, 6.07) is 0.210. The monoisotopic (exact) mass is 198 g/mol. The van der Waals surface area contributed by atoms with Crippen molar-refractivity contribution in [3.8, 4) is 0 Å². The summed E-state index contributed by atoms with van der Waals surface area (Å²) in [6.07, 6.45) is 3.97. The first kappa shape index (κ1) is 11.7. The molecule has 3 nitrogen and oxygen atoms in total. The van der Waals surface area contributed by atoms with Crippen molar-refractivity contribution in [1.29, 1.82) is 0 Å². The van der Waals surface area contributed by atoms with Crippen molar-refractivity contribution in [2.75, 3.05) is 20.1 Å². The topological polar surface area (TPSA) is 46.3 Å². The van der Waals surface area contributed by atoms with Crippen molar-refractivity contribution in [2.24, 2.45) is 11.7 Å². The van der Waals surface area contributed by atoms with Gasteiger partial charge >= 0.3 is 0 Å². The number of Topliss-reactive ketones (excluding diaryl/α,β-unsaturated/α-hetero) is 1. The van der Waals surface area contributed by atoms with Gasteiger partial charge < -0.3 is 15.4 Å². The van der Waals surface area contributed by atoms with Crippen molar-refractivity contribution in [1.82, 2.24) is 4.90 Å². The fraction of sp³-hybridized carbons (Fsp3) is 0.909. The Labute approximate surface area is 86.6 Å².